The van der Waals surface area contributed by atoms with Crippen LogP contribution in [0.15, 0.2) is 35.0 Å². The van der Waals surface area contributed by atoms with Crippen molar-refractivity contribution in [2.75, 3.05) is 13.2 Å². The van der Waals surface area contributed by atoms with E-state index in [9.17, 15) is 14.4 Å². The Hall–Kier alpha value is -3.29. The fourth-order valence-electron chi connectivity index (χ4n) is 2.64. The Bertz CT molecular complexity index is 879. The van der Waals surface area contributed by atoms with E-state index in [1.165, 1.54) is 6.08 Å². The Morgan fingerprint density at radius 1 is 1.28 bits per heavy atom. The molecular weight excluding hydrogens is 374 g/mol. The van der Waals surface area contributed by atoms with Crippen molar-refractivity contribution in [3.05, 3.63) is 53.2 Å². The molecule has 2 aromatic heterocycles. The third-order valence-electron chi connectivity index (χ3n) is 4.18. The summed E-state index contributed by atoms with van der Waals surface area (Å²) in [6, 6.07) is 5.08. The molecule has 2 aromatic rings. The number of furan rings is 1. The van der Waals surface area contributed by atoms with Gasteiger partial charge in [0.05, 0.1) is 12.8 Å². The average Bonchev–Trinajstić information content (AvgIpc) is 3.27. The number of ether oxygens (including phenoxy) is 1. The summed E-state index contributed by atoms with van der Waals surface area (Å²) in [7, 11) is 0. The van der Waals surface area contributed by atoms with Crippen LogP contribution in [-0.4, -0.2) is 35.6 Å². The highest BCUT2D eigenvalue weighted by Crippen LogP contribution is 2.18. The van der Waals surface area contributed by atoms with Crippen LogP contribution in [0.3, 0.4) is 0 Å². The van der Waals surface area contributed by atoms with Gasteiger partial charge in [-0.3, -0.25) is 10.1 Å². The van der Waals surface area contributed by atoms with Gasteiger partial charge in [0.15, 0.2) is 6.61 Å². The van der Waals surface area contributed by atoms with Gasteiger partial charge in [0.25, 0.3) is 5.91 Å². The van der Waals surface area contributed by atoms with Gasteiger partial charge in [-0.15, -0.1) is 0 Å². The number of amides is 3. The number of carbonyl (C=O) groups is 3. The first-order valence-electron chi connectivity index (χ1n) is 9.38. The van der Waals surface area contributed by atoms with E-state index in [-0.39, 0.29) is 5.92 Å². The van der Waals surface area contributed by atoms with E-state index in [2.05, 4.69) is 15.2 Å². The highest BCUT2D eigenvalue weighted by molar-refractivity contribution is 5.96. The van der Waals surface area contributed by atoms with Gasteiger partial charge in [-0.05, 0) is 49.6 Å². The zero-order valence-electron chi connectivity index (χ0n) is 17.2. The molecule has 0 saturated carbocycles. The molecule has 0 aliphatic rings. The van der Waals surface area contributed by atoms with E-state index >= 15 is 0 Å². The molecule has 0 unspecified atom stereocenters. The number of aryl methyl sites for hydroxylation is 1. The maximum atomic E-state index is 11.9. The molecule has 156 valence electrons. The molecule has 29 heavy (non-hydrogen) atoms. The molecule has 0 fully saturated rings. The minimum absolute atomic E-state index is 0.264. The summed E-state index contributed by atoms with van der Waals surface area (Å²) < 4.78 is 12.3. The number of esters is 1. The second-order valence-electron chi connectivity index (χ2n) is 7.09. The van der Waals surface area contributed by atoms with Crippen LogP contribution in [0.2, 0.25) is 0 Å². The SMILES string of the molecule is Cc1cc(/C=C/C(=O)OCC(=O)NC(=O)NCC(C)C)c(C)n1Cc1ccco1. The van der Waals surface area contributed by atoms with Crippen LogP contribution in [0.1, 0.15) is 36.6 Å². The van der Waals surface area contributed by atoms with Crippen molar-refractivity contribution in [1.82, 2.24) is 15.2 Å². The number of nitrogens with zero attached hydrogens (tertiary/aromatic N) is 1. The molecule has 8 heteroatoms. The summed E-state index contributed by atoms with van der Waals surface area (Å²) in [5.41, 5.74) is 2.87. The first-order valence-corrected chi connectivity index (χ1v) is 9.38. The topological polar surface area (TPSA) is 103 Å². The predicted molar refractivity (Wildman–Crippen MR) is 108 cm³/mol. The summed E-state index contributed by atoms with van der Waals surface area (Å²) in [4.78, 5) is 35.0. The fourth-order valence-corrected chi connectivity index (χ4v) is 2.64. The van der Waals surface area contributed by atoms with Gasteiger partial charge < -0.3 is 19.0 Å². The van der Waals surface area contributed by atoms with Crippen molar-refractivity contribution in [2.24, 2.45) is 5.92 Å². The predicted octanol–water partition coefficient (Wildman–Crippen LogP) is 2.78. The number of aromatic nitrogens is 1. The van der Waals surface area contributed by atoms with Crippen LogP contribution in [-0.2, 0) is 20.9 Å². The van der Waals surface area contributed by atoms with E-state index in [0.29, 0.717) is 13.1 Å². The Morgan fingerprint density at radius 2 is 2.03 bits per heavy atom. The van der Waals surface area contributed by atoms with Crippen molar-refractivity contribution in [3.8, 4) is 0 Å². The number of carbonyl (C=O) groups excluding carboxylic acids is 3. The van der Waals surface area contributed by atoms with Crippen molar-refractivity contribution >= 4 is 24.0 Å². The van der Waals surface area contributed by atoms with Crippen molar-refractivity contribution in [2.45, 2.75) is 34.2 Å². The van der Waals surface area contributed by atoms with Crippen LogP contribution in [0, 0.1) is 19.8 Å². The molecule has 2 N–H and O–H groups in total. The maximum Gasteiger partial charge on any atom is 0.331 e. The van der Waals surface area contributed by atoms with Crippen LogP contribution < -0.4 is 10.6 Å². The van der Waals surface area contributed by atoms with Crippen LogP contribution in [0.25, 0.3) is 6.08 Å². The quantitative estimate of drug-likeness (QED) is 0.523. The summed E-state index contributed by atoms with van der Waals surface area (Å²) in [5.74, 6) is -0.256. The minimum atomic E-state index is -0.690. The first kappa shape index (κ1) is 22.0. The smallest absolute Gasteiger partial charge is 0.331 e. The molecule has 0 saturated heterocycles. The van der Waals surface area contributed by atoms with Gasteiger partial charge in [-0.25, -0.2) is 9.59 Å². The minimum Gasteiger partial charge on any atom is -0.467 e. The van der Waals surface area contributed by atoms with E-state index in [1.54, 1.807) is 12.3 Å². The van der Waals surface area contributed by atoms with E-state index in [0.717, 1.165) is 22.7 Å². The third-order valence-corrected chi connectivity index (χ3v) is 4.18. The highest BCUT2D eigenvalue weighted by Gasteiger charge is 2.11. The number of hydrogen-bond donors (Lipinski definition) is 2. The zero-order chi connectivity index (χ0) is 21.4. The number of urea groups is 1. The molecule has 0 aliphatic heterocycles. The molecule has 3 amide bonds. The Balaban J connectivity index is 1.84. The summed E-state index contributed by atoms with van der Waals surface area (Å²) >= 11 is 0. The lowest BCUT2D eigenvalue weighted by Gasteiger charge is -2.08. The molecular formula is C21H27N3O5. The molecule has 8 nitrogen and oxygen atoms in total. The lowest BCUT2D eigenvalue weighted by atomic mass is 10.2. The second-order valence-corrected chi connectivity index (χ2v) is 7.09. The van der Waals surface area contributed by atoms with Crippen LogP contribution >= 0.6 is 0 Å². The average molecular weight is 401 g/mol. The number of hydrogen-bond acceptors (Lipinski definition) is 5. The van der Waals surface area contributed by atoms with Crippen LogP contribution in [0.5, 0.6) is 0 Å². The number of rotatable bonds is 8. The molecule has 0 atom stereocenters. The molecule has 0 aliphatic carbocycles. The molecule has 0 bridgehead atoms. The molecule has 0 aromatic carbocycles. The monoisotopic (exact) mass is 401 g/mol. The number of imide groups is 1. The fraction of sp³-hybridized carbons (Fsp3) is 0.381. The molecule has 0 radical (unpaired) electrons. The summed E-state index contributed by atoms with van der Waals surface area (Å²) in [6.07, 6.45) is 4.52. The van der Waals surface area contributed by atoms with Crippen molar-refractivity contribution in [3.63, 3.8) is 0 Å². The van der Waals surface area contributed by atoms with Gasteiger partial charge in [0.2, 0.25) is 0 Å². The van der Waals surface area contributed by atoms with E-state index in [1.807, 2.05) is 45.9 Å². The molecule has 2 rings (SSSR count). The highest BCUT2D eigenvalue weighted by atomic mass is 16.5. The Morgan fingerprint density at radius 3 is 2.69 bits per heavy atom. The standard InChI is InChI=1S/C21H27N3O5/c1-14(2)11-22-21(27)23-19(25)13-29-20(26)8-7-17-10-15(3)24(16(17)4)12-18-6-5-9-28-18/h5-10,14H,11-13H2,1-4H3,(H2,22,23,25,27)/b8-7+. The first-order chi connectivity index (χ1) is 13.8. The third kappa shape index (κ3) is 6.99. The van der Waals surface area contributed by atoms with Crippen molar-refractivity contribution in [1.29, 1.82) is 0 Å². The van der Waals surface area contributed by atoms with E-state index < -0.39 is 24.5 Å². The zero-order valence-corrected chi connectivity index (χ0v) is 17.2. The van der Waals surface area contributed by atoms with Gasteiger partial charge in [0.1, 0.15) is 5.76 Å². The number of nitrogens with one attached hydrogen (secondary N) is 2. The Labute approximate surface area is 169 Å². The van der Waals surface area contributed by atoms with E-state index in [4.69, 9.17) is 9.15 Å². The molecule has 2 heterocycles. The lowest BCUT2D eigenvalue weighted by molar-refractivity contribution is -0.143. The van der Waals surface area contributed by atoms with Gasteiger partial charge >= 0.3 is 12.0 Å². The van der Waals surface area contributed by atoms with Gasteiger partial charge in [-0.2, -0.15) is 0 Å². The normalized spacial score (nSPS) is 11.1. The lowest BCUT2D eigenvalue weighted by Crippen LogP contribution is -2.42. The molecule has 0 spiro atoms. The summed E-state index contributed by atoms with van der Waals surface area (Å²) in [6.45, 7) is 8.30. The Kier molecular flexibility index (Phi) is 7.82. The summed E-state index contributed by atoms with van der Waals surface area (Å²) in [5, 5.41) is 4.65. The van der Waals surface area contributed by atoms with Gasteiger partial charge in [0, 0.05) is 24.0 Å². The second kappa shape index (κ2) is 10.3. The van der Waals surface area contributed by atoms with Gasteiger partial charge in [-0.1, -0.05) is 13.8 Å². The maximum absolute atomic E-state index is 11.9. The largest absolute Gasteiger partial charge is 0.467 e. The van der Waals surface area contributed by atoms with Crippen molar-refractivity contribution < 1.29 is 23.5 Å². The van der Waals surface area contributed by atoms with Crippen LogP contribution in [0.4, 0.5) is 4.79 Å².